The molecule has 3 rings (SSSR count). The summed E-state index contributed by atoms with van der Waals surface area (Å²) in [4.78, 5) is 25.8. The lowest BCUT2D eigenvalue weighted by atomic mass is 9.73. The molecule has 7 nitrogen and oxygen atoms in total. The molecule has 3 N–H and O–H groups in total. The lowest BCUT2D eigenvalue weighted by Crippen LogP contribution is -2.70. The van der Waals surface area contributed by atoms with Crippen molar-refractivity contribution >= 4 is 20.3 Å². The molecular formula is C33H52N2O5Si. The van der Waals surface area contributed by atoms with Gasteiger partial charge in [-0.1, -0.05) is 64.3 Å². The van der Waals surface area contributed by atoms with Gasteiger partial charge in [0.05, 0.1) is 6.10 Å². The summed E-state index contributed by atoms with van der Waals surface area (Å²) in [6.07, 6.45) is 6.38. The highest BCUT2D eigenvalue weighted by atomic mass is 28.4. The van der Waals surface area contributed by atoms with Crippen molar-refractivity contribution in [3.8, 4) is 11.5 Å². The maximum absolute atomic E-state index is 13.3. The van der Waals surface area contributed by atoms with E-state index >= 15 is 0 Å². The monoisotopic (exact) mass is 584 g/mol. The minimum Gasteiger partial charge on any atom is -0.507 e. The Morgan fingerprint density at radius 2 is 1.95 bits per heavy atom. The van der Waals surface area contributed by atoms with Crippen molar-refractivity contribution in [2.75, 3.05) is 0 Å². The van der Waals surface area contributed by atoms with Gasteiger partial charge in [0.25, 0.3) is 0 Å². The molecule has 1 aromatic rings. The molecule has 1 saturated heterocycles. The summed E-state index contributed by atoms with van der Waals surface area (Å²) in [6, 6.07) is 3.70. The summed E-state index contributed by atoms with van der Waals surface area (Å²) < 4.78 is 12.4. The normalized spacial score (nSPS) is 23.6. The summed E-state index contributed by atoms with van der Waals surface area (Å²) in [5, 5.41) is 16.9. The molecule has 1 aromatic carbocycles. The zero-order valence-electron chi connectivity index (χ0n) is 26.6. The predicted octanol–water partition coefficient (Wildman–Crippen LogP) is 7.71. The number of carbonyl (C=O) groups is 2. The van der Waals surface area contributed by atoms with Gasteiger partial charge in [-0.05, 0) is 88.2 Å². The number of benzene rings is 1. The van der Waals surface area contributed by atoms with Crippen LogP contribution < -0.4 is 15.4 Å². The van der Waals surface area contributed by atoms with Crippen molar-refractivity contribution < 1.29 is 23.9 Å². The molecule has 1 aliphatic heterocycles. The summed E-state index contributed by atoms with van der Waals surface area (Å²) in [5.74, 6) is -0.196. The Balaban J connectivity index is 1.86. The number of amides is 2. The summed E-state index contributed by atoms with van der Waals surface area (Å²) >= 11 is 0. The highest BCUT2D eigenvalue weighted by molar-refractivity contribution is 6.74. The first-order chi connectivity index (χ1) is 19.1. The quantitative estimate of drug-likeness (QED) is 0.107. The van der Waals surface area contributed by atoms with Crippen molar-refractivity contribution in [3.05, 3.63) is 47.1 Å². The zero-order chi connectivity index (χ0) is 30.7. The Bertz CT molecular complexity index is 1170. The van der Waals surface area contributed by atoms with Gasteiger partial charge >= 0.3 is 6.09 Å². The Morgan fingerprint density at radius 1 is 1.27 bits per heavy atom. The van der Waals surface area contributed by atoms with Crippen LogP contribution in [-0.2, 0) is 15.6 Å². The van der Waals surface area contributed by atoms with Crippen molar-refractivity contribution in [2.45, 2.75) is 123 Å². The van der Waals surface area contributed by atoms with E-state index in [9.17, 15) is 14.7 Å². The SMILES string of the molecule is C=C(C)[C@@H]1CCC(C)=C[C@H]1c1c(O)cc(CCCCC)cc1OC(=O)N[C@H]1NC(=O)[C@@H]1[C@@H](C)O[Si](C)(C)C(C)(C)C. The number of nitrogens with one attached hydrogen (secondary N) is 2. The van der Waals surface area contributed by atoms with Crippen LogP contribution in [0.4, 0.5) is 4.79 Å². The topological polar surface area (TPSA) is 96.9 Å². The molecule has 41 heavy (non-hydrogen) atoms. The lowest BCUT2D eigenvalue weighted by molar-refractivity contribution is -0.140. The fraction of sp³-hybridized carbons (Fsp3) is 0.636. The third-order valence-electron chi connectivity index (χ3n) is 9.19. The van der Waals surface area contributed by atoms with Crippen molar-refractivity contribution in [2.24, 2.45) is 11.8 Å². The van der Waals surface area contributed by atoms with Crippen LogP contribution in [0.3, 0.4) is 0 Å². The van der Waals surface area contributed by atoms with E-state index in [0.717, 1.165) is 49.7 Å². The molecule has 0 saturated carbocycles. The first kappa shape index (κ1) is 32.9. The lowest BCUT2D eigenvalue weighted by Gasteiger charge is -2.45. The van der Waals surface area contributed by atoms with Crippen molar-refractivity contribution in [3.63, 3.8) is 0 Å². The van der Waals surface area contributed by atoms with Crippen LogP contribution in [0.15, 0.2) is 35.9 Å². The second kappa shape index (κ2) is 13.2. The van der Waals surface area contributed by atoms with Gasteiger partial charge in [0.2, 0.25) is 5.91 Å². The molecule has 1 fully saturated rings. The highest BCUT2D eigenvalue weighted by Crippen LogP contribution is 2.47. The summed E-state index contributed by atoms with van der Waals surface area (Å²) in [6.45, 7) is 23.2. The number of phenolic OH excluding ortho intramolecular Hbond substituents is 1. The van der Waals surface area contributed by atoms with E-state index in [-0.39, 0.29) is 34.6 Å². The minimum atomic E-state index is -2.11. The molecule has 0 bridgehead atoms. The maximum atomic E-state index is 13.3. The number of β-lactam (4-membered cyclic amide) rings is 1. The standard InChI is InChI=1S/C33H52N2O5Si/c1-11-12-13-14-23-18-26(36)29(25-17-21(4)15-16-24(25)20(2)3)27(19-23)39-32(38)35-30-28(31(37)34-30)22(5)40-41(9,10)33(6,7)8/h17-19,22,24-25,28,30,36H,2,11-16H2,1,3-10H3,(H,34,37)(H,35,38)/t22-,24+,25-,28-,30-/m1/s1. The third kappa shape index (κ3) is 7.83. The Morgan fingerprint density at radius 3 is 2.54 bits per heavy atom. The smallest absolute Gasteiger partial charge is 0.414 e. The average Bonchev–Trinajstić information content (AvgIpc) is 2.82. The second-order valence-corrected chi connectivity index (χ2v) is 18.4. The molecule has 0 radical (unpaired) electrons. The summed E-state index contributed by atoms with van der Waals surface area (Å²) in [7, 11) is -2.11. The molecule has 2 aliphatic rings. The first-order valence-electron chi connectivity index (χ1n) is 15.2. The number of allylic oxidation sites excluding steroid dienone is 3. The first-order valence-corrected chi connectivity index (χ1v) is 18.1. The largest absolute Gasteiger partial charge is 0.507 e. The molecule has 1 heterocycles. The number of aryl methyl sites for hydroxylation is 1. The number of aromatic hydroxyl groups is 1. The number of unbranched alkanes of at least 4 members (excludes halogenated alkanes) is 2. The van der Waals surface area contributed by atoms with Crippen molar-refractivity contribution in [1.29, 1.82) is 0 Å². The fourth-order valence-electron chi connectivity index (χ4n) is 5.69. The Kier molecular flexibility index (Phi) is 10.6. The van der Waals surface area contributed by atoms with Crippen LogP contribution in [0.5, 0.6) is 11.5 Å². The summed E-state index contributed by atoms with van der Waals surface area (Å²) in [5.41, 5.74) is 3.81. The van der Waals surface area contributed by atoms with E-state index in [1.807, 2.05) is 26.0 Å². The third-order valence-corrected chi connectivity index (χ3v) is 13.8. The molecular weight excluding hydrogens is 532 g/mol. The van der Waals surface area contributed by atoms with Crippen LogP contribution in [0.25, 0.3) is 0 Å². The molecule has 0 aromatic heterocycles. The van der Waals surface area contributed by atoms with E-state index in [1.165, 1.54) is 5.57 Å². The van der Waals surface area contributed by atoms with Gasteiger partial charge in [0.1, 0.15) is 23.6 Å². The van der Waals surface area contributed by atoms with Gasteiger partial charge in [-0.15, -0.1) is 0 Å². The van der Waals surface area contributed by atoms with E-state index in [1.54, 1.807) is 0 Å². The average molecular weight is 585 g/mol. The Labute approximate surface area is 248 Å². The number of hydrogen-bond donors (Lipinski definition) is 3. The van der Waals surface area contributed by atoms with Crippen LogP contribution in [0.2, 0.25) is 18.1 Å². The van der Waals surface area contributed by atoms with Crippen LogP contribution in [0, 0.1) is 11.8 Å². The van der Waals surface area contributed by atoms with Gasteiger partial charge in [-0.25, -0.2) is 4.79 Å². The van der Waals surface area contributed by atoms with E-state index < -0.39 is 26.5 Å². The molecule has 1 aliphatic carbocycles. The number of phenols is 1. The van der Waals surface area contributed by atoms with Gasteiger partial charge in [-0.3, -0.25) is 4.79 Å². The second-order valence-electron chi connectivity index (χ2n) is 13.6. The molecule has 8 heteroatoms. The number of carbonyl (C=O) groups excluding carboxylic acids is 2. The molecule has 5 atom stereocenters. The van der Waals surface area contributed by atoms with E-state index in [2.05, 4.69) is 71.0 Å². The minimum absolute atomic E-state index is 0.00252. The number of hydrogen-bond acceptors (Lipinski definition) is 5. The molecule has 228 valence electrons. The van der Waals surface area contributed by atoms with E-state index in [4.69, 9.17) is 9.16 Å². The van der Waals surface area contributed by atoms with Crippen molar-refractivity contribution in [1.82, 2.24) is 10.6 Å². The fourth-order valence-corrected chi connectivity index (χ4v) is 7.12. The predicted molar refractivity (Wildman–Crippen MR) is 168 cm³/mol. The molecule has 2 amide bonds. The van der Waals surface area contributed by atoms with Gasteiger partial charge in [-0.2, -0.15) is 0 Å². The highest BCUT2D eigenvalue weighted by Gasteiger charge is 2.48. The van der Waals surface area contributed by atoms with Gasteiger partial charge < -0.3 is 24.9 Å². The van der Waals surface area contributed by atoms with E-state index in [0.29, 0.717) is 11.3 Å². The van der Waals surface area contributed by atoms with Crippen LogP contribution in [-0.4, -0.2) is 37.7 Å². The van der Waals surface area contributed by atoms with Gasteiger partial charge in [0.15, 0.2) is 8.32 Å². The van der Waals surface area contributed by atoms with Crippen LogP contribution in [0.1, 0.15) is 97.6 Å². The van der Waals surface area contributed by atoms with Gasteiger partial charge in [0, 0.05) is 11.5 Å². The Hall–Kier alpha value is -2.58. The maximum Gasteiger partial charge on any atom is 0.414 e. The number of ether oxygens (including phenoxy) is 1. The number of rotatable bonds is 11. The molecule has 0 spiro atoms. The molecule has 0 unspecified atom stereocenters. The zero-order valence-corrected chi connectivity index (χ0v) is 27.6. The van der Waals surface area contributed by atoms with Crippen LogP contribution >= 0.6 is 0 Å².